The SMILES string of the molecule is NC(=O)c1ccnc(NC2CCC2)c1. The lowest BCUT2D eigenvalue weighted by Gasteiger charge is -2.26. The van der Waals surface area contributed by atoms with Crippen LogP contribution in [0.15, 0.2) is 18.3 Å². The van der Waals surface area contributed by atoms with Gasteiger partial charge in [0, 0.05) is 17.8 Å². The molecule has 1 aromatic rings. The second-order valence-electron chi connectivity index (χ2n) is 3.57. The summed E-state index contributed by atoms with van der Waals surface area (Å²) in [6.45, 7) is 0. The van der Waals surface area contributed by atoms with Gasteiger partial charge in [0.15, 0.2) is 0 Å². The van der Waals surface area contributed by atoms with E-state index in [4.69, 9.17) is 5.73 Å². The Kier molecular flexibility index (Phi) is 2.35. The highest BCUT2D eigenvalue weighted by Gasteiger charge is 2.17. The van der Waals surface area contributed by atoms with E-state index in [1.54, 1.807) is 18.3 Å². The summed E-state index contributed by atoms with van der Waals surface area (Å²) in [6.07, 6.45) is 5.24. The van der Waals surface area contributed by atoms with Crippen LogP contribution >= 0.6 is 0 Å². The summed E-state index contributed by atoms with van der Waals surface area (Å²) < 4.78 is 0. The fourth-order valence-electron chi connectivity index (χ4n) is 1.42. The molecule has 0 radical (unpaired) electrons. The van der Waals surface area contributed by atoms with E-state index in [2.05, 4.69) is 10.3 Å². The molecule has 4 heteroatoms. The summed E-state index contributed by atoms with van der Waals surface area (Å²) in [7, 11) is 0. The summed E-state index contributed by atoms with van der Waals surface area (Å²) in [6, 6.07) is 3.83. The molecular formula is C10H13N3O. The molecule has 74 valence electrons. The van der Waals surface area contributed by atoms with E-state index in [0.29, 0.717) is 11.6 Å². The van der Waals surface area contributed by atoms with Crippen LogP contribution in [0.25, 0.3) is 0 Å². The predicted octanol–water partition coefficient (Wildman–Crippen LogP) is 1.14. The van der Waals surface area contributed by atoms with Crippen LogP contribution in [0.3, 0.4) is 0 Å². The van der Waals surface area contributed by atoms with Crippen molar-refractivity contribution in [1.82, 2.24) is 4.98 Å². The van der Waals surface area contributed by atoms with Crippen LogP contribution in [0.5, 0.6) is 0 Å². The van der Waals surface area contributed by atoms with Gasteiger partial charge in [-0.05, 0) is 31.4 Å². The zero-order valence-electron chi connectivity index (χ0n) is 7.86. The number of nitrogens with two attached hydrogens (primary N) is 1. The van der Waals surface area contributed by atoms with Gasteiger partial charge in [0.2, 0.25) is 5.91 Å². The normalized spacial score (nSPS) is 16.0. The first-order valence-corrected chi connectivity index (χ1v) is 4.78. The Morgan fingerprint density at radius 2 is 2.36 bits per heavy atom. The number of pyridine rings is 1. The Morgan fingerprint density at radius 1 is 1.57 bits per heavy atom. The molecule has 4 nitrogen and oxygen atoms in total. The molecule has 1 aliphatic carbocycles. The molecule has 1 heterocycles. The van der Waals surface area contributed by atoms with Gasteiger partial charge in [0.05, 0.1) is 0 Å². The van der Waals surface area contributed by atoms with E-state index in [1.807, 2.05) is 0 Å². The number of carbonyl (C=O) groups is 1. The summed E-state index contributed by atoms with van der Waals surface area (Å²) in [4.78, 5) is 15.0. The Labute approximate surface area is 82.5 Å². The number of rotatable bonds is 3. The molecule has 1 saturated carbocycles. The third-order valence-corrected chi connectivity index (χ3v) is 2.50. The monoisotopic (exact) mass is 191 g/mol. The minimum Gasteiger partial charge on any atom is -0.367 e. The summed E-state index contributed by atoms with van der Waals surface area (Å²) in [5, 5.41) is 3.25. The van der Waals surface area contributed by atoms with E-state index in [1.165, 1.54) is 19.3 Å². The van der Waals surface area contributed by atoms with Crippen molar-refractivity contribution in [3.8, 4) is 0 Å². The molecular weight excluding hydrogens is 178 g/mol. The fourth-order valence-corrected chi connectivity index (χ4v) is 1.42. The van der Waals surface area contributed by atoms with E-state index < -0.39 is 5.91 Å². The lowest BCUT2D eigenvalue weighted by atomic mass is 9.93. The molecule has 1 aliphatic rings. The largest absolute Gasteiger partial charge is 0.367 e. The minimum atomic E-state index is -0.413. The first-order valence-electron chi connectivity index (χ1n) is 4.78. The number of aromatic nitrogens is 1. The van der Waals surface area contributed by atoms with Gasteiger partial charge in [-0.1, -0.05) is 0 Å². The van der Waals surface area contributed by atoms with E-state index in [-0.39, 0.29) is 0 Å². The molecule has 0 unspecified atom stereocenters. The van der Waals surface area contributed by atoms with E-state index in [9.17, 15) is 4.79 Å². The number of nitrogens with one attached hydrogen (secondary N) is 1. The van der Waals surface area contributed by atoms with Gasteiger partial charge in [-0.3, -0.25) is 4.79 Å². The predicted molar refractivity (Wildman–Crippen MR) is 54.0 cm³/mol. The van der Waals surface area contributed by atoms with Gasteiger partial charge >= 0.3 is 0 Å². The van der Waals surface area contributed by atoms with Crippen LogP contribution < -0.4 is 11.1 Å². The second kappa shape index (κ2) is 3.65. The molecule has 0 aromatic carbocycles. The van der Waals surface area contributed by atoms with Crippen molar-refractivity contribution in [3.63, 3.8) is 0 Å². The number of nitrogens with zero attached hydrogens (tertiary/aromatic N) is 1. The number of anilines is 1. The maximum Gasteiger partial charge on any atom is 0.248 e. The van der Waals surface area contributed by atoms with Crippen molar-refractivity contribution in [2.24, 2.45) is 5.73 Å². The van der Waals surface area contributed by atoms with Crippen LogP contribution in [0.1, 0.15) is 29.6 Å². The molecule has 3 N–H and O–H groups in total. The molecule has 0 aliphatic heterocycles. The second-order valence-corrected chi connectivity index (χ2v) is 3.57. The fraction of sp³-hybridized carbons (Fsp3) is 0.400. The van der Waals surface area contributed by atoms with Gasteiger partial charge in [-0.25, -0.2) is 4.98 Å². The maximum atomic E-state index is 10.9. The molecule has 0 saturated heterocycles. The summed E-state index contributed by atoms with van der Waals surface area (Å²) in [5.41, 5.74) is 5.67. The van der Waals surface area contributed by atoms with Crippen LogP contribution in [-0.4, -0.2) is 16.9 Å². The first kappa shape index (κ1) is 8.99. The average Bonchev–Trinajstić information content (AvgIpc) is 2.12. The highest BCUT2D eigenvalue weighted by Crippen LogP contribution is 2.22. The Morgan fingerprint density at radius 3 is 2.93 bits per heavy atom. The molecule has 1 fully saturated rings. The van der Waals surface area contributed by atoms with E-state index in [0.717, 1.165) is 5.82 Å². The zero-order chi connectivity index (χ0) is 9.97. The number of amides is 1. The average molecular weight is 191 g/mol. The van der Waals surface area contributed by atoms with Crippen LogP contribution in [0.2, 0.25) is 0 Å². The number of primary amides is 1. The molecule has 1 amide bonds. The molecule has 0 spiro atoms. The highest BCUT2D eigenvalue weighted by molar-refractivity contribution is 5.93. The maximum absolute atomic E-state index is 10.9. The van der Waals surface area contributed by atoms with Crippen LogP contribution in [0, 0.1) is 0 Å². The molecule has 0 atom stereocenters. The Hall–Kier alpha value is -1.58. The standard InChI is InChI=1S/C10H13N3O/c11-10(14)7-4-5-12-9(6-7)13-8-2-1-3-8/h4-6,8H,1-3H2,(H2,11,14)(H,12,13). The summed E-state index contributed by atoms with van der Waals surface area (Å²) in [5.74, 6) is 0.329. The van der Waals surface area contributed by atoms with Gasteiger partial charge in [-0.2, -0.15) is 0 Å². The topological polar surface area (TPSA) is 68.0 Å². The van der Waals surface area contributed by atoms with Crippen molar-refractivity contribution in [2.45, 2.75) is 25.3 Å². The van der Waals surface area contributed by atoms with E-state index >= 15 is 0 Å². The quantitative estimate of drug-likeness (QED) is 0.752. The zero-order valence-corrected chi connectivity index (χ0v) is 7.86. The van der Waals surface area contributed by atoms with Crippen molar-refractivity contribution in [1.29, 1.82) is 0 Å². The third-order valence-electron chi connectivity index (χ3n) is 2.50. The first-order chi connectivity index (χ1) is 6.75. The number of hydrogen-bond acceptors (Lipinski definition) is 3. The van der Waals surface area contributed by atoms with Crippen molar-refractivity contribution < 1.29 is 4.79 Å². The summed E-state index contributed by atoms with van der Waals surface area (Å²) >= 11 is 0. The molecule has 14 heavy (non-hydrogen) atoms. The molecule has 1 aromatic heterocycles. The van der Waals surface area contributed by atoms with Crippen molar-refractivity contribution in [2.75, 3.05) is 5.32 Å². The van der Waals surface area contributed by atoms with Crippen LogP contribution in [-0.2, 0) is 0 Å². The van der Waals surface area contributed by atoms with Gasteiger partial charge in [-0.15, -0.1) is 0 Å². The lowest BCUT2D eigenvalue weighted by Crippen LogP contribution is -2.27. The van der Waals surface area contributed by atoms with Crippen molar-refractivity contribution >= 4 is 11.7 Å². The van der Waals surface area contributed by atoms with Gasteiger partial charge in [0.25, 0.3) is 0 Å². The van der Waals surface area contributed by atoms with Crippen molar-refractivity contribution in [3.05, 3.63) is 23.9 Å². The van der Waals surface area contributed by atoms with Gasteiger partial charge in [0.1, 0.15) is 5.82 Å². The highest BCUT2D eigenvalue weighted by atomic mass is 16.1. The molecule has 2 rings (SSSR count). The Bertz CT molecular complexity index is 347. The third kappa shape index (κ3) is 1.84. The Balaban J connectivity index is 2.09. The smallest absolute Gasteiger partial charge is 0.248 e. The number of hydrogen-bond donors (Lipinski definition) is 2. The molecule has 0 bridgehead atoms. The minimum absolute atomic E-state index is 0.413. The number of carbonyl (C=O) groups excluding carboxylic acids is 1. The lowest BCUT2D eigenvalue weighted by molar-refractivity contribution is 0.1000. The van der Waals surface area contributed by atoms with Gasteiger partial charge < -0.3 is 11.1 Å². The van der Waals surface area contributed by atoms with Crippen LogP contribution in [0.4, 0.5) is 5.82 Å².